The highest BCUT2D eigenvalue weighted by Gasteiger charge is 2.13. The number of carbonyl (C=O) groups excluding carboxylic acids is 1. The second kappa shape index (κ2) is 7.08. The van der Waals surface area contributed by atoms with Crippen molar-refractivity contribution in [2.75, 3.05) is 12.9 Å². The Bertz CT molecular complexity index is 544. The maximum absolute atomic E-state index is 11.9. The third-order valence-corrected chi connectivity index (χ3v) is 3.62. The number of aromatic nitrogens is 2. The van der Waals surface area contributed by atoms with E-state index in [4.69, 9.17) is 4.74 Å². The van der Waals surface area contributed by atoms with Gasteiger partial charge in [0, 0.05) is 13.2 Å². The molecule has 7 heteroatoms. The van der Waals surface area contributed by atoms with Crippen LogP contribution in [0.4, 0.5) is 0 Å². The number of ether oxygens (including phenoxy) is 1. The van der Waals surface area contributed by atoms with Gasteiger partial charge in [0.05, 0.1) is 7.11 Å². The number of amides is 1. The van der Waals surface area contributed by atoms with Crippen LogP contribution in [-0.4, -0.2) is 28.6 Å². The van der Waals surface area contributed by atoms with Gasteiger partial charge >= 0.3 is 0 Å². The molecule has 106 valence electrons. The summed E-state index contributed by atoms with van der Waals surface area (Å²) in [5, 5.41) is 3.95. The minimum Gasteiger partial charge on any atom is -0.479 e. The standard InChI is InChI=1S/C12H18N3O3S/c1-5-6-9(2)8-19(17)14-11(16)10-7-15(3)13-12(10)18-4/h5,7,9H,1,6,8H2,2-4H3/q-1/t9-/m0/s1. The van der Waals surface area contributed by atoms with Crippen LogP contribution in [-0.2, 0) is 21.9 Å². The molecule has 1 aromatic heterocycles. The Morgan fingerprint density at radius 2 is 2.42 bits per heavy atom. The van der Waals surface area contributed by atoms with Crippen molar-refractivity contribution in [1.82, 2.24) is 9.78 Å². The molecule has 0 saturated carbocycles. The largest absolute Gasteiger partial charge is 0.479 e. The van der Waals surface area contributed by atoms with Crippen LogP contribution >= 0.6 is 0 Å². The van der Waals surface area contributed by atoms with Crippen LogP contribution in [0.3, 0.4) is 0 Å². The lowest BCUT2D eigenvalue weighted by Gasteiger charge is -2.10. The zero-order valence-corrected chi connectivity index (χ0v) is 12.1. The number of allylic oxidation sites excluding steroid dienone is 1. The third-order valence-electron chi connectivity index (χ3n) is 2.40. The van der Waals surface area contributed by atoms with Crippen molar-refractivity contribution in [1.29, 1.82) is 0 Å². The fourth-order valence-corrected chi connectivity index (χ4v) is 2.52. The highest BCUT2D eigenvalue weighted by Crippen LogP contribution is 2.16. The Morgan fingerprint density at radius 3 is 3.00 bits per heavy atom. The van der Waals surface area contributed by atoms with Gasteiger partial charge in [-0.1, -0.05) is 24.7 Å². The zero-order valence-electron chi connectivity index (χ0n) is 11.3. The van der Waals surface area contributed by atoms with Gasteiger partial charge in [-0.3, -0.25) is 9.48 Å². The number of hydrogen-bond acceptors (Lipinski definition) is 5. The zero-order chi connectivity index (χ0) is 14.4. The average molecular weight is 284 g/mol. The van der Waals surface area contributed by atoms with Crippen molar-refractivity contribution < 1.29 is 13.7 Å². The number of nitrogens with zero attached hydrogens (tertiary/aromatic N) is 3. The number of aryl methyl sites for hydroxylation is 1. The van der Waals surface area contributed by atoms with E-state index >= 15 is 0 Å². The number of methoxy groups -OCH3 is 1. The molecule has 0 bridgehead atoms. The summed E-state index contributed by atoms with van der Waals surface area (Å²) in [6.07, 6.45) is 3.99. The molecule has 19 heavy (non-hydrogen) atoms. The maximum atomic E-state index is 11.9. The van der Waals surface area contributed by atoms with Crippen molar-refractivity contribution in [2.45, 2.75) is 13.3 Å². The van der Waals surface area contributed by atoms with Gasteiger partial charge in [-0.25, -0.2) is 0 Å². The molecule has 0 spiro atoms. The Hall–Kier alpha value is -1.63. The van der Waals surface area contributed by atoms with Crippen LogP contribution in [0.15, 0.2) is 23.2 Å². The first-order valence-electron chi connectivity index (χ1n) is 5.81. The Labute approximate surface area is 114 Å². The molecule has 1 heterocycles. The lowest BCUT2D eigenvalue weighted by atomic mass is 10.1. The van der Waals surface area contributed by atoms with Crippen LogP contribution in [0.25, 0.3) is 0 Å². The van der Waals surface area contributed by atoms with Crippen LogP contribution < -0.4 is 4.74 Å². The second-order valence-electron chi connectivity index (χ2n) is 4.24. The number of hydrogen-bond donors (Lipinski definition) is 0. The predicted molar refractivity (Wildman–Crippen MR) is 73.4 cm³/mol. The summed E-state index contributed by atoms with van der Waals surface area (Å²) in [5.41, 5.74) is 0.217. The molecule has 0 aliphatic rings. The van der Waals surface area contributed by atoms with E-state index in [2.05, 4.69) is 16.0 Å². The highest BCUT2D eigenvalue weighted by molar-refractivity contribution is 7.75. The van der Waals surface area contributed by atoms with Gasteiger partial charge in [0.25, 0.3) is 5.91 Å². The minimum atomic E-state index is -1.55. The molecule has 0 aromatic carbocycles. The Balaban J connectivity index is 2.83. The molecule has 1 amide bonds. The van der Waals surface area contributed by atoms with Crippen molar-refractivity contribution in [3.8, 4) is 5.88 Å². The quantitative estimate of drug-likeness (QED) is 0.591. The summed E-state index contributed by atoms with van der Waals surface area (Å²) in [5.74, 6) is 0.118. The maximum Gasteiger partial charge on any atom is 0.261 e. The smallest absolute Gasteiger partial charge is 0.261 e. The van der Waals surface area contributed by atoms with Crippen molar-refractivity contribution in [3.05, 3.63) is 24.4 Å². The van der Waals surface area contributed by atoms with Crippen molar-refractivity contribution >= 4 is 16.5 Å². The van der Waals surface area contributed by atoms with Gasteiger partial charge in [0.2, 0.25) is 5.88 Å². The van der Waals surface area contributed by atoms with Crippen molar-refractivity contribution in [3.63, 3.8) is 0 Å². The molecule has 0 fully saturated rings. The first kappa shape index (κ1) is 15.4. The number of rotatable bonds is 6. The van der Waals surface area contributed by atoms with E-state index in [-0.39, 0.29) is 17.4 Å². The SMILES string of the molecule is C=CC[C@H](C)C[S-](=O)=NC(=O)c1cn(C)nc1OC. The molecule has 1 atom stereocenters. The summed E-state index contributed by atoms with van der Waals surface area (Å²) in [4.78, 5) is 11.9. The summed E-state index contributed by atoms with van der Waals surface area (Å²) < 4.78 is 21.8. The molecule has 0 radical (unpaired) electrons. The number of carbonyl (C=O) groups is 1. The molecule has 1 aromatic rings. The summed E-state index contributed by atoms with van der Waals surface area (Å²) in [6, 6.07) is 0. The van der Waals surface area contributed by atoms with Crippen LogP contribution in [0.5, 0.6) is 5.88 Å². The average Bonchev–Trinajstić information content (AvgIpc) is 2.70. The van der Waals surface area contributed by atoms with Gasteiger partial charge in [0.15, 0.2) is 0 Å². The van der Waals surface area contributed by atoms with Gasteiger partial charge in [-0.2, -0.15) is 10.6 Å². The molecular weight excluding hydrogens is 266 g/mol. The van der Waals surface area contributed by atoms with E-state index in [1.165, 1.54) is 18.0 Å². The van der Waals surface area contributed by atoms with Gasteiger partial charge in [-0.05, 0) is 6.42 Å². The molecule has 0 N–H and O–H groups in total. The fraction of sp³-hybridized carbons (Fsp3) is 0.500. The van der Waals surface area contributed by atoms with Gasteiger partial charge < -0.3 is 13.3 Å². The lowest BCUT2D eigenvalue weighted by Crippen LogP contribution is -2.03. The van der Waals surface area contributed by atoms with E-state index in [1.54, 1.807) is 13.1 Å². The monoisotopic (exact) mass is 284 g/mol. The highest BCUT2D eigenvalue weighted by atomic mass is 32.2. The van der Waals surface area contributed by atoms with Crippen molar-refractivity contribution in [2.24, 2.45) is 17.3 Å². The normalized spacial score (nSPS) is 14.1. The van der Waals surface area contributed by atoms with Gasteiger partial charge in [0.1, 0.15) is 5.56 Å². The molecule has 0 aliphatic carbocycles. The first-order valence-corrected chi connectivity index (χ1v) is 7.08. The summed E-state index contributed by atoms with van der Waals surface area (Å²) >= 11 is 0. The third kappa shape index (κ3) is 4.51. The molecule has 0 aliphatic heterocycles. The fourth-order valence-electron chi connectivity index (χ4n) is 1.54. The van der Waals surface area contributed by atoms with E-state index < -0.39 is 16.5 Å². The molecule has 0 saturated heterocycles. The Kier molecular flexibility index (Phi) is 5.75. The molecule has 1 rings (SSSR count). The Morgan fingerprint density at radius 1 is 1.74 bits per heavy atom. The van der Waals surface area contributed by atoms with E-state index in [0.29, 0.717) is 5.75 Å². The first-order chi connectivity index (χ1) is 8.97. The molecular formula is C12H18N3O3S-. The van der Waals surface area contributed by atoms with E-state index in [1.807, 2.05) is 6.92 Å². The minimum absolute atomic E-state index is 0.172. The van der Waals surface area contributed by atoms with Gasteiger partial charge in [-0.15, -0.1) is 11.7 Å². The van der Waals surface area contributed by atoms with Crippen LogP contribution in [0, 0.1) is 5.92 Å². The van der Waals surface area contributed by atoms with Crippen LogP contribution in [0.2, 0.25) is 0 Å². The van der Waals surface area contributed by atoms with E-state index in [0.717, 1.165) is 6.42 Å². The predicted octanol–water partition coefficient (Wildman–Crippen LogP) is 1.93. The topological polar surface area (TPSA) is 73.5 Å². The summed E-state index contributed by atoms with van der Waals surface area (Å²) in [7, 11) is 1.54. The summed E-state index contributed by atoms with van der Waals surface area (Å²) in [6.45, 7) is 5.55. The second-order valence-corrected chi connectivity index (χ2v) is 5.40. The van der Waals surface area contributed by atoms with Crippen LogP contribution in [0.1, 0.15) is 23.7 Å². The molecule has 6 nitrogen and oxygen atoms in total. The molecule has 0 unspecified atom stereocenters. The lowest BCUT2D eigenvalue weighted by molar-refractivity contribution is 0.100. The van der Waals surface area contributed by atoms with E-state index in [9.17, 15) is 9.00 Å².